The Morgan fingerprint density at radius 1 is 1.05 bits per heavy atom. The molecule has 1 heterocycles. The van der Waals surface area contributed by atoms with Gasteiger partial charge in [-0.15, -0.1) is 23.5 Å². The van der Waals surface area contributed by atoms with Gasteiger partial charge in [0.2, 0.25) is 0 Å². The fraction of sp³-hybridized carbons (Fsp3) is 0.143. The molecule has 2 rings (SSSR count). The highest BCUT2D eigenvalue weighted by atomic mass is 32.2. The molecule has 0 radical (unpaired) electrons. The monoisotopic (exact) mass is 291 g/mol. The van der Waals surface area contributed by atoms with Crippen molar-refractivity contribution in [2.75, 3.05) is 11.5 Å². The van der Waals surface area contributed by atoms with Gasteiger partial charge in [-0.2, -0.15) is 0 Å². The van der Waals surface area contributed by atoms with Crippen LogP contribution in [0.4, 0.5) is 0 Å². The molecule has 1 aromatic carbocycles. The molecule has 0 aliphatic carbocycles. The van der Waals surface area contributed by atoms with Crippen LogP contribution >= 0.6 is 23.5 Å². The van der Waals surface area contributed by atoms with Crippen molar-refractivity contribution in [2.45, 2.75) is 9.92 Å². The highest BCUT2D eigenvalue weighted by molar-refractivity contribution is 8.03. The number of pyridine rings is 1. The Kier molecular flexibility index (Phi) is 5.30. The number of nitrogens with zero attached hydrogens (tertiary/aromatic N) is 1. The molecule has 2 aromatic rings. The fourth-order valence-electron chi connectivity index (χ4n) is 1.48. The summed E-state index contributed by atoms with van der Waals surface area (Å²) in [5.74, 6) is 0.826. The average Bonchev–Trinajstić information content (AvgIpc) is 2.45. The lowest BCUT2D eigenvalue weighted by atomic mass is 10.3. The van der Waals surface area contributed by atoms with Crippen LogP contribution in [0.5, 0.6) is 0 Å². The first-order chi connectivity index (χ1) is 9.27. The van der Waals surface area contributed by atoms with Crippen LogP contribution in [0, 0.1) is 0 Å². The van der Waals surface area contributed by atoms with Crippen LogP contribution in [0.1, 0.15) is 10.4 Å². The van der Waals surface area contributed by atoms with Crippen molar-refractivity contribution in [3.63, 3.8) is 0 Å². The number of carboxylic acids is 1. The van der Waals surface area contributed by atoms with Gasteiger partial charge in [-0.1, -0.05) is 18.2 Å². The summed E-state index contributed by atoms with van der Waals surface area (Å²) >= 11 is 3.24. The number of hydrogen-bond donors (Lipinski definition) is 1. The lowest BCUT2D eigenvalue weighted by molar-refractivity contribution is 0.0692. The summed E-state index contributed by atoms with van der Waals surface area (Å²) in [6.45, 7) is 0. The topological polar surface area (TPSA) is 50.2 Å². The normalized spacial score (nSPS) is 10.3. The predicted molar refractivity (Wildman–Crippen MR) is 79.1 cm³/mol. The first-order valence-corrected chi connectivity index (χ1v) is 7.73. The number of carbonyl (C=O) groups is 1. The second kappa shape index (κ2) is 7.21. The summed E-state index contributed by atoms with van der Waals surface area (Å²) in [6, 6.07) is 13.4. The van der Waals surface area contributed by atoms with E-state index in [1.165, 1.54) is 16.7 Å². The molecule has 0 saturated carbocycles. The quantitative estimate of drug-likeness (QED) is 0.650. The molecule has 1 N–H and O–H groups in total. The second-order valence-corrected chi connectivity index (χ2v) is 5.92. The average molecular weight is 291 g/mol. The van der Waals surface area contributed by atoms with Crippen LogP contribution in [-0.2, 0) is 0 Å². The molecule has 19 heavy (non-hydrogen) atoms. The number of aromatic carboxylic acids is 1. The Bertz CT molecular complexity index is 546. The molecule has 1 aromatic heterocycles. The highest BCUT2D eigenvalue weighted by Gasteiger charge is 2.10. The minimum absolute atomic E-state index is 0.275. The third-order valence-electron chi connectivity index (χ3n) is 2.34. The molecule has 3 nitrogen and oxygen atoms in total. The van der Waals surface area contributed by atoms with Crippen molar-refractivity contribution in [2.24, 2.45) is 0 Å². The maximum atomic E-state index is 11.0. The van der Waals surface area contributed by atoms with E-state index in [9.17, 15) is 4.79 Å². The smallest absolute Gasteiger partial charge is 0.338 e. The maximum Gasteiger partial charge on any atom is 0.338 e. The van der Waals surface area contributed by atoms with E-state index in [0.29, 0.717) is 5.03 Å². The van der Waals surface area contributed by atoms with Crippen LogP contribution in [0.25, 0.3) is 0 Å². The van der Waals surface area contributed by atoms with Crippen LogP contribution in [0.15, 0.2) is 58.6 Å². The van der Waals surface area contributed by atoms with Crippen molar-refractivity contribution in [3.05, 3.63) is 54.2 Å². The number of carboxylic acid groups (broad SMARTS) is 1. The number of benzene rings is 1. The predicted octanol–water partition coefficient (Wildman–Crippen LogP) is 3.66. The van der Waals surface area contributed by atoms with E-state index >= 15 is 0 Å². The van der Waals surface area contributed by atoms with Crippen molar-refractivity contribution < 1.29 is 9.90 Å². The van der Waals surface area contributed by atoms with Crippen LogP contribution in [0.2, 0.25) is 0 Å². The molecule has 0 fully saturated rings. The van der Waals surface area contributed by atoms with E-state index in [-0.39, 0.29) is 5.56 Å². The van der Waals surface area contributed by atoms with Crippen LogP contribution < -0.4 is 0 Å². The molecule has 0 spiro atoms. The second-order valence-electron chi connectivity index (χ2n) is 3.67. The van der Waals surface area contributed by atoms with Gasteiger partial charge >= 0.3 is 5.97 Å². The Morgan fingerprint density at radius 3 is 2.53 bits per heavy atom. The van der Waals surface area contributed by atoms with E-state index in [1.807, 2.05) is 18.2 Å². The summed E-state index contributed by atoms with van der Waals surface area (Å²) in [4.78, 5) is 16.4. The minimum atomic E-state index is -0.925. The lowest BCUT2D eigenvalue weighted by Gasteiger charge is -2.04. The zero-order valence-electron chi connectivity index (χ0n) is 10.2. The van der Waals surface area contributed by atoms with E-state index in [4.69, 9.17) is 5.11 Å². The standard InChI is InChI=1S/C14H13NO2S2/c16-14(17)12-7-4-8-15-13(12)19-10-9-18-11-5-2-1-3-6-11/h1-8H,9-10H2,(H,16,17). The zero-order chi connectivity index (χ0) is 13.5. The van der Waals surface area contributed by atoms with Gasteiger partial charge in [0.05, 0.1) is 5.56 Å². The maximum absolute atomic E-state index is 11.0. The SMILES string of the molecule is O=C(O)c1cccnc1SCCSc1ccccc1. The van der Waals surface area contributed by atoms with Crippen LogP contribution in [-0.4, -0.2) is 27.6 Å². The van der Waals surface area contributed by atoms with Gasteiger partial charge in [-0.05, 0) is 24.3 Å². The van der Waals surface area contributed by atoms with E-state index in [0.717, 1.165) is 11.5 Å². The van der Waals surface area contributed by atoms with E-state index in [1.54, 1.807) is 30.1 Å². The number of hydrogen-bond acceptors (Lipinski definition) is 4. The minimum Gasteiger partial charge on any atom is -0.478 e. The third kappa shape index (κ3) is 4.29. The molecule has 98 valence electrons. The highest BCUT2D eigenvalue weighted by Crippen LogP contribution is 2.23. The van der Waals surface area contributed by atoms with Crippen molar-refractivity contribution in [3.8, 4) is 0 Å². The number of thioether (sulfide) groups is 2. The Morgan fingerprint density at radius 2 is 1.79 bits per heavy atom. The van der Waals surface area contributed by atoms with Gasteiger partial charge in [0.15, 0.2) is 0 Å². The summed E-state index contributed by atoms with van der Waals surface area (Å²) in [5, 5.41) is 9.63. The molecule has 0 unspecified atom stereocenters. The number of rotatable bonds is 6. The molecule has 5 heteroatoms. The summed E-state index contributed by atoms with van der Waals surface area (Å²) in [7, 11) is 0. The Hall–Kier alpha value is -1.46. The van der Waals surface area contributed by atoms with Gasteiger partial charge in [0.25, 0.3) is 0 Å². The van der Waals surface area contributed by atoms with Crippen LogP contribution in [0.3, 0.4) is 0 Å². The summed E-state index contributed by atoms with van der Waals surface area (Å²) in [5.41, 5.74) is 0.275. The number of aromatic nitrogens is 1. The van der Waals surface area contributed by atoms with Crippen molar-refractivity contribution >= 4 is 29.5 Å². The Labute approximate surface area is 120 Å². The van der Waals surface area contributed by atoms with Crippen molar-refractivity contribution in [1.82, 2.24) is 4.98 Å². The largest absolute Gasteiger partial charge is 0.478 e. The molecular weight excluding hydrogens is 278 g/mol. The van der Waals surface area contributed by atoms with Crippen molar-refractivity contribution in [1.29, 1.82) is 0 Å². The van der Waals surface area contributed by atoms with Gasteiger partial charge in [0, 0.05) is 22.6 Å². The van der Waals surface area contributed by atoms with Gasteiger partial charge in [-0.3, -0.25) is 0 Å². The molecule has 0 aliphatic rings. The zero-order valence-corrected chi connectivity index (χ0v) is 11.8. The Balaban J connectivity index is 1.85. The molecule has 0 aliphatic heterocycles. The summed E-state index contributed by atoms with van der Waals surface area (Å²) < 4.78 is 0. The first kappa shape index (κ1) is 14.0. The third-order valence-corrected chi connectivity index (χ3v) is 4.61. The van der Waals surface area contributed by atoms with E-state index in [2.05, 4.69) is 17.1 Å². The molecule has 0 saturated heterocycles. The molecule has 0 amide bonds. The molecular formula is C14H13NO2S2. The molecule has 0 bridgehead atoms. The summed E-state index contributed by atoms with van der Waals surface area (Å²) in [6.07, 6.45) is 1.62. The fourth-order valence-corrected chi connectivity index (χ4v) is 3.37. The van der Waals surface area contributed by atoms with Gasteiger partial charge < -0.3 is 5.11 Å². The van der Waals surface area contributed by atoms with Gasteiger partial charge in [0.1, 0.15) is 5.03 Å². The van der Waals surface area contributed by atoms with Gasteiger partial charge in [-0.25, -0.2) is 9.78 Å². The van der Waals surface area contributed by atoms with E-state index < -0.39 is 5.97 Å². The molecule has 0 atom stereocenters. The first-order valence-electron chi connectivity index (χ1n) is 5.76. The lowest BCUT2D eigenvalue weighted by Crippen LogP contribution is -2.00.